The Morgan fingerprint density at radius 3 is 2.63 bits per heavy atom. The second-order valence-corrected chi connectivity index (χ2v) is 5.47. The van der Waals surface area contributed by atoms with Gasteiger partial charge in [0.15, 0.2) is 0 Å². The highest BCUT2D eigenvalue weighted by Gasteiger charge is 2.43. The maximum Gasteiger partial charge on any atom is 0.128 e. The molecule has 2 aromatic carbocycles. The topological polar surface area (TPSA) is 26.0 Å². The summed E-state index contributed by atoms with van der Waals surface area (Å²) in [4.78, 5) is 0. The normalized spacial score (nSPS) is 23.1. The van der Waals surface area contributed by atoms with Crippen molar-refractivity contribution in [1.29, 1.82) is 0 Å². The third-order valence-corrected chi connectivity index (χ3v) is 4.04. The molecule has 1 aliphatic rings. The van der Waals surface area contributed by atoms with E-state index in [2.05, 4.69) is 12.1 Å². The van der Waals surface area contributed by atoms with Gasteiger partial charge in [0.1, 0.15) is 5.82 Å². The van der Waals surface area contributed by atoms with E-state index in [0.29, 0.717) is 17.4 Å². The summed E-state index contributed by atoms with van der Waals surface area (Å²) >= 11 is 0. The van der Waals surface area contributed by atoms with Gasteiger partial charge in [0.05, 0.1) is 0 Å². The number of nitrogens with two attached hydrogens (primary N) is 1. The number of benzene rings is 2. The summed E-state index contributed by atoms with van der Waals surface area (Å²) in [6.45, 7) is 1.97. The van der Waals surface area contributed by atoms with E-state index in [9.17, 15) is 4.39 Å². The van der Waals surface area contributed by atoms with Crippen molar-refractivity contribution in [2.75, 3.05) is 0 Å². The van der Waals surface area contributed by atoms with Crippen LogP contribution in [0.4, 0.5) is 4.39 Å². The zero-order chi connectivity index (χ0) is 13.4. The van der Waals surface area contributed by atoms with Gasteiger partial charge < -0.3 is 5.73 Å². The van der Waals surface area contributed by atoms with Crippen molar-refractivity contribution >= 4 is 0 Å². The van der Waals surface area contributed by atoms with Crippen LogP contribution in [0.3, 0.4) is 0 Å². The maximum atomic E-state index is 13.9. The van der Waals surface area contributed by atoms with E-state index in [1.165, 1.54) is 11.6 Å². The largest absolute Gasteiger partial charge is 0.324 e. The van der Waals surface area contributed by atoms with Crippen LogP contribution in [0.15, 0.2) is 48.5 Å². The van der Waals surface area contributed by atoms with Crippen LogP contribution >= 0.6 is 0 Å². The Morgan fingerprint density at radius 2 is 1.89 bits per heavy atom. The summed E-state index contributed by atoms with van der Waals surface area (Å²) in [6, 6.07) is 15.3. The zero-order valence-electron chi connectivity index (χ0n) is 11.0. The molecule has 0 saturated heterocycles. The van der Waals surface area contributed by atoms with Gasteiger partial charge in [0.25, 0.3) is 0 Å². The third kappa shape index (κ3) is 2.41. The molecule has 1 aliphatic carbocycles. The second kappa shape index (κ2) is 4.78. The first-order valence-electron chi connectivity index (χ1n) is 6.73. The van der Waals surface area contributed by atoms with Crippen LogP contribution < -0.4 is 5.73 Å². The highest BCUT2D eigenvalue weighted by Crippen LogP contribution is 2.53. The molecule has 0 aliphatic heterocycles. The fourth-order valence-corrected chi connectivity index (χ4v) is 2.84. The number of hydrogen-bond acceptors (Lipinski definition) is 1. The molecule has 3 atom stereocenters. The van der Waals surface area contributed by atoms with Crippen molar-refractivity contribution in [1.82, 2.24) is 0 Å². The Balaban J connectivity index is 1.80. The average Bonchev–Trinajstić information content (AvgIpc) is 3.22. The molecular formula is C17H18FN. The van der Waals surface area contributed by atoms with E-state index in [0.717, 1.165) is 12.0 Å². The van der Waals surface area contributed by atoms with Crippen LogP contribution in [-0.4, -0.2) is 0 Å². The lowest BCUT2D eigenvalue weighted by Gasteiger charge is -2.14. The molecule has 0 radical (unpaired) electrons. The quantitative estimate of drug-likeness (QED) is 0.883. The van der Waals surface area contributed by atoms with Gasteiger partial charge in [-0.15, -0.1) is 0 Å². The summed E-state index contributed by atoms with van der Waals surface area (Å²) in [5, 5.41) is 0. The lowest BCUT2D eigenvalue weighted by molar-refractivity contribution is 0.546. The van der Waals surface area contributed by atoms with E-state index in [-0.39, 0.29) is 11.9 Å². The number of halogens is 1. The molecule has 0 bridgehead atoms. The lowest BCUT2D eigenvalue weighted by Crippen LogP contribution is -2.15. The predicted molar refractivity (Wildman–Crippen MR) is 75.4 cm³/mol. The summed E-state index contributed by atoms with van der Waals surface area (Å²) in [6.07, 6.45) is 1.05. The van der Waals surface area contributed by atoms with Gasteiger partial charge in [-0.3, -0.25) is 0 Å². The Hall–Kier alpha value is -1.67. The first-order valence-corrected chi connectivity index (χ1v) is 6.73. The Labute approximate surface area is 113 Å². The average molecular weight is 255 g/mol. The minimum absolute atomic E-state index is 0.184. The Kier molecular flexibility index (Phi) is 3.11. The minimum atomic E-state index is -0.204. The third-order valence-electron chi connectivity index (χ3n) is 4.04. The van der Waals surface area contributed by atoms with E-state index >= 15 is 0 Å². The van der Waals surface area contributed by atoms with Gasteiger partial charge in [-0.2, -0.15) is 0 Å². The molecule has 19 heavy (non-hydrogen) atoms. The molecule has 3 unspecified atom stereocenters. The molecule has 1 fully saturated rings. The first-order chi connectivity index (χ1) is 9.16. The number of rotatable bonds is 3. The summed E-state index contributed by atoms with van der Waals surface area (Å²) in [5.74, 6) is 0.659. The molecule has 2 heteroatoms. The van der Waals surface area contributed by atoms with E-state index in [1.807, 2.05) is 31.2 Å². The molecule has 1 saturated carbocycles. The van der Waals surface area contributed by atoms with Crippen molar-refractivity contribution in [2.24, 2.45) is 11.7 Å². The van der Waals surface area contributed by atoms with Gasteiger partial charge in [0, 0.05) is 11.6 Å². The highest BCUT2D eigenvalue weighted by atomic mass is 19.1. The number of aryl methyl sites for hydroxylation is 1. The van der Waals surface area contributed by atoms with Gasteiger partial charge >= 0.3 is 0 Å². The van der Waals surface area contributed by atoms with Gasteiger partial charge in [-0.05, 0) is 36.8 Å². The van der Waals surface area contributed by atoms with Crippen LogP contribution in [0.25, 0.3) is 0 Å². The van der Waals surface area contributed by atoms with Crippen LogP contribution in [0.2, 0.25) is 0 Å². The molecular weight excluding hydrogens is 237 g/mol. The molecule has 0 amide bonds. The van der Waals surface area contributed by atoms with Crippen LogP contribution in [0, 0.1) is 18.7 Å². The predicted octanol–water partition coefficient (Wildman–Crippen LogP) is 3.94. The van der Waals surface area contributed by atoms with Gasteiger partial charge in [0.2, 0.25) is 0 Å². The summed E-state index contributed by atoms with van der Waals surface area (Å²) in [7, 11) is 0. The molecule has 98 valence electrons. The standard InChI is InChI=1S/C17H18FN/c1-11-7-8-16(18)15(9-11)17(19)14-10-13(14)12-5-3-2-4-6-12/h2-9,13-14,17H,10,19H2,1H3. The molecule has 0 spiro atoms. The SMILES string of the molecule is Cc1ccc(F)c(C(N)C2CC2c2ccccc2)c1. The Morgan fingerprint density at radius 1 is 1.16 bits per heavy atom. The smallest absolute Gasteiger partial charge is 0.128 e. The van der Waals surface area contributed by atoms with Crippen molar-refractivity contribution in [3.8, 4) is 0 Å². The van der Waals surface area contributed by atoms with Crippen LogP contribution in [-0.2, 0) is 0 Å². The minimum Gasteiger partial charge on any atom is -0.324 e. The van der Waals surface area contributed by atoms with Gasteiger partial charge in [-0.1, -0.05) is 48.0 Å². The van der Waals surface area contributed by atoms with Crippen molar-refractivity contribution in [2.45, 2.75) is 25.3 Å². The van der Waals surface area contributed by atoms with E-state index in [4.69, 9.17) is 5.73 Å². The van der Waals surface area contributed by atoms with E-state index in [1.54, 1.807) is 6.07 Å². The number of hydrogen-bond donors (Lipinski definition) is 1. The van der Waals surface area contributed by atoms with Crippen molar-refractivity contribution < 1.29 is 4.39 Å². The van der Waals surface area contributed by atoms with E-state index < -0.39 is 0 Å². The van der Waals surface area contributed by atoms with Crippen LogP contribution in [0.5, 0.6) is 0 Å². The second-order valence-electron chi connectivity index (χ2n) is 5.47. The fraction of sp³-hybridized carbons (Fsp3) is 0.294. The summed E-state index contributed by atoms with van der Waals surface area (Å²) in [5.41, 5.74) is 9.29. The van der Waals surface area contributed by atoms with Crippen LogP contribution in [0.1, 0.15) is 35.1 Å². The lowest BCUT2D eigenvalue weighted by atomic mass is 9.98. The molecule has 1 nitrogen and oxygen atoms in total. The molecule has 2 N–H and O–H groups in total. The van der Waals surface area contributed by atoms with Crippen molar-refractivity contribution in [3.63, 3.8) is 0 Å². The monoisotopic (exact) mass is 255 g/mol. The maximum absolute atomic E-state index is 13.9. The van der Waals surface area contributed by atoms with Crippen molar-refractivity contribution in [3.05, 3.63) is 71.0 Å². The Bertz CT molecular complexity index is 579. The fourth-order valence-electron chi connectivity index (χ4n) is 2.84. The molecule has 3 rings (SSSR count). The summed E-state index contributed by atoms with van der Waals surface area (Å²) < 4.78 is 13.9. The first kappa shape index (κ1) is 12.4. The zero-order valence-corrected chi connectivity index (χ0v) is 11.0. The molecule has 0 heterocycles. The highest BCUT2D eigenvalue weighted by molar-refractivity contribution is 5.32. The molecule has 0 aromatic heterocycles. The van der Waals surface area contributed by atoms with Gasteiger partial charge in [-0.25, -0.2) is 4.39 Å². The molecule has 2 aromatic rings.